The van der Waals surface area contributed by atoms with Crippen LogP contribution in [0.3, 0.4) is 0 Å². The first-order chi connectivity index (χ1) is 12.7. The third kappa shape index (κ3) is 4.53. The van der Waals surface area contributed by atoms with Crippen molar-refractivity contribution in [3.63, 3.8) is 0 Å². The summed E-state index contributed by atoms with van der Waals surface area (Å²) in [5, 5.41) is 17.1. The molecule has 0 radical (unpaired) electrons. The van der Waals surface area contributed by atoms with Crippen molar-refractivity contribution in [3.05, 3.63) is 65.6 Å². The van der Waals surface area contributed by atoms with E-state index in [2.05, 4.69) is 20.6 Å². The van der Waals surface area contributed by atoms with Gasteiger partial charge in [0.15, 0.2) is 5.96 Å². The Bertz CT molecular complexity index is 904. The smallest absolute Gasteiger partial charge is 0.191 e. The maximum Gasteiger partial charge on any atom is 0.191 e. The van der Waals surface area contributed by atoms with Crippen molar-refractivity contribution in [2.45, 2.75) is 19.9 Å². The first kappa shape index (κ1) is 17.8. The summed E-state index contributed by atoms with van der Waals surface area (Å²) < 4.78 is 13.3. The largest absolute Gasteiger partial charge is 0.508 e. The molecule has 0 aliphatic heterocycles. The van der Waals surface area contributed by atoms with Crippen LogP contribution in [0.5, 0.6) is 5.75 Å². The van der Waals surface area contributed by atoms with Gasteiger partial charge in [0.25, 0.3) is 0 Å². The summed E-state index contributed by atoms with van der Waals surface area (Å²) in [6.07, 6.45) is 2.71. The van der Waals surface area contributed by atoms with Crippen LogP contribution in [-0.2, 0) is 13.0 Å². The fourth-order valence-electron chi connectivity index (χ4n) is 2.85. The Hall–Kier alpha value is -3.02. The van der Waals surface area contributed by atoms with E-state index in [1.165, 1.54) is 12.1 Å². The van der Waals surface area contributed by atoms with Crippen molar-refractivity contribution in [2.75, 3.05) is 13.1 Å². The van der Waals surface area contributed by atoms with Crippen molar-refractivity contribution >= 4 is 16.9 Å². The van der Waals surface area contributed by atoms with Gasteiger partial charge >= 0.3 is 0 Å². The topological polar surface area (TPSA) is 72.4 Å². The van der Waals surface area contributed by atoms with E-state index in [4.69, 9.17) is 0 Å². The lowest BCUT2D eigenvalue weighted by molar-refractivity contribution is 0.474. The Labute approximate surface area is 152 Å². The third-order valence-electron chi connectivity index (χ3n) is 4.09. The molecule has 0 saturated carbocycles. The zero-order chi connectivity index (χ0) is 18.4. The number of fused-ring (bicyclic) bond motifs is 1. The van der Waals surface area contributed by atoms with Gasteiger partial charge in [-0.25, -0.2) is 9.38 Å². The number of hydrogen-bond donors (Lipinski definition) is 4. The molecule has 136 valence electrons. The van der Waals surface area contributed by atoms with Crippen molar-refractivity contribution in [1.29, 1.82) is 0 Å². The fourth-order valence-corrected chi connectivity index (χ4v) is 2.85. The fraction of sp³-hybridized carbons (Fsp3) is 0.250. The van der Waals surface area contributed by atoms with E-state index >= 15 is 0 Å². The molecule has 2 aromatic carbocycles. The minimum absolute atomic E-state index is 0.238. The van der Waals surface area contributed by atoms with Crippen LogP contribution < -0.4 is 10.6 Å². The number of nitrogens with zero attached hydrogens (tertiary/aromatic N) is 1. The highest BCUT2D eigenvalue weighted by atomic mass is 19.1. The summed E-state index contributed by atoms with van der Waals surface area (Å²) in [5.74, 6) is 0.728. The van der Waals surface area contributed by atoms with Gasteiger partial charge in [-0.05, 0) is 54.8 Å². The number of aliphatic imine (C=N–C) groups is 1. The van der Waals surface area contributed by atoms with Gasteiger partial charge in [0.2, 0.25) is 0 Å². The van der Waals surface area contributed by atoms with Gasteiger partial charge in [0.1, 0.15) is 11.6 Å². The normalized spacial score (nSPS) is 11.7. The van der Waals surface area contributed by atoms with Crippen molar-refractivity contribution in [2.24, 2.45) is 4.99 Å². The summed E-state index contributed by atoms with van der Waals surface area (Å²) in [6.45, 7) is 3.96. The van der Waals surface area contributed by atoms with E-state index in [1.54, 1.807) is 24.3 Å². The van der Waals surface area contributed by atoms with Gasteiger partial charge < -0.3 is 20.7 Å². The second-order valence-corrected chi connectivity index (χ2v) is 6.05. The molecule has 3 rings (SSSR count). The van der Waals surface area contributed by atoms with Crippen LogP contribution in [0.2, 0.25) is 0 Å². The predicted molar refractivity (Wildman–Crippen MR) is 103 cm³/mol. The van der Waals surface area contributed by atoms with Crippen molar-refractivity contribution < 1.29 is 9.50 Å². The molecule has 0 bridgehead atoms. The number of guanidine groups is 1. The molecule has 0 spiro atoms. The number of aromatic amines is 1. The lowest BCUT2D eigenvalue weighted by Crippen LogP contribution is -2.38. The van der Waals surface area contributed by atoms with Gasteiger partial charge in [-0.1, -0.05) is 12.1 Å². The summed E-state index contributed by atoms with van der Waals surface area (Å²) >= 11 is 0. The van der Waals surface area contributed by atoms with E-state index in [0.717, 1.165) is 41.0 Å². The molecule has 0 fully saturated rings. The first-order valence-electron chi connectivity index (χ1n) is 8.71. The number of phenolic OH excluding ortho intramolecular Hbond substituents is 1. The second-order valence-electron chi connectivity index (χ2n) is 6.05. The molecule has 0 unspecified atom stereocenters. The molecular formula is C20H23FN4O. The molecule has 0 aliphatic rings. The Balaban J connectivity index is 1.60. The number of hydrogen-bond acceptors (Lipinski definition) is 2. The number of aromatic hydroxyl groups is 1. The number of rotatable bonds is 6. The molecule has 4 N–H and O–H groups in total. The number of H-pyrrole nitrogens is 1. The number of nitrogens with one attached hydrogen (secondary N) is 3. The van der Waals surface area contributed by atoms with Gasteiger partial charge in [-0.3, -0.25) is 0 Å². The van der Waals surface area contributed by atoms with E-state index in [9.17, 15) is 9.50 Å². The van der Waals surface area contributed by atoms with Crippen LogP contribution in [0.4, 0.5) is 4.39 Å². The molecule has 0 aliphatic carbocycles. The van der Waals surface area contributed by atoms with Crippen molar-refractivity contribution in [3.8, 4) is 5.75 Å². The Kier molecular flexibility index (Phi) is 5.73. The Morgan fingerprint density at radius 2 is 2.08 bits per heavy atom. The minimum atomic E-state index is -0.238. The van der Waals surface area contributed by atoms with Crippen LogP contribution in [0.15, 0.2) is 53.7 Å². The molecule has 3 aromatic rings. The molecule has 0 amide bonds. The third-order valence-corrected chi connectivity index (χ3v) is 4.09. The summed E-state index contributed by atoms with van der Waals surface area (Å²) in [4.78, 5) is 7.65. The molecule has 26 heavy (non-hydrogen) atoms. The Morgan fingerprint density at radius 3 is 2.88 bits per heavy atom. The van der Waals surface area contributed by atoms with E-state index in [1.807, 2.05) is 19.2 Å². The molecule has 0 atom stereocenters. The van der Waals surface area contributed by atoms with Gasteiger partial charge in [0, 0.05) is 30.2 Å². The molecule has 0 saturated heterocycles. The maximum absolute atomic E-state index is 13.3. The average molecular weight is 354 g/mol. The number of benzene rings is 2. The predicted octanol–water partition coefficient (Wildman–Crippen LogP) is 3.31. The van der Waals surface area contributed by atoms with Gasteiger partial charge in [0.05, 0.1) is 6.54 Å². The lowest BCUT2D eigenvalue weighted by Gasteiger charge is -2.11. The standard InChI is InChI=1S/C20H23FN4O/c1-2-22-20(25-12-14-4-3-5-17(26)10-14)23-9-8-15-13-24-19-11-16(21)6-7-18(15)19/h3-7,10-11,13,24,26H,2,8-9,12H2,1H3,(H2,22,23,25). The summed E-state index contributed by atoms with van der Waals surface area (Å²) in [7, 11) is 0. The number of aromatic nitrogens is 1. The highest BCUT2D eigenvalue weighted by Crippen LogP contribution is 2.19. The molecule has 1 aromatic heterocycles. The van der Waals surface area contributed by atoms with Crippen LogP contribution >= 0.6 is 0 Å². The van der Waals surface area contributed by atoms with E-state index < -0.39 is 0 Å². The zero-order valence-corrected chi connectivity index (χ0v) is 14.7. The quantitative estimate of drug-likeness (QED) is 0.405. The summed E-state index contributed by atoms with van der Waals surface area (Å²) in [5.41, 5.74) is 2.89. The van der Waals surface area contributed by atoms with E-state index in [-0.39, 0.29) is 11.6 Å². The minimum Gasteiger partial charge on any atom is -0.508 e. The highest BCUT2D eigenvalue weighted by Gasteiger charge is 2.05. The van der Waals surface area contributed by atoms with Crippen molar-refractivity contribution in [1.82, 2.24) is 15.6 Å². The van der Waals surface area contributed by atoms with Gasteiger partial charge in [-0.2, -0.15) is 0 Å². The Morgan fingerprint density at radius 1 is 1.19 bits per heavy atom. The van der Waals surface area contributed by atoms with E-state index in [0.29, 0.717) is 13.1 Å². The van der Waals surface area contributed by atoms with Gasteiger partial charge in [-0.15, -0.1) is 0 Å². The molecule has 1 heterocycles. The van der Waals surface area contributed by atoms with Crippen LogP contribution in [0.25, 0.3) is 10.9 Å². The SMILES string of the molecule is CCNC(=NCc1cccc(O)c1)NCCc1c[nH]c2cc(F)ccc12. The van der Waals surface area contributed by atoms with Crippen LogP contribution in [0.1, 0.15) is 18.1 Å². The molecular weight excluding hydrogens is 331 g/mol. The number of halogens is 1. The van der Waals surface area contributed by atoms with Crippen LogP contribution in [-0.4, -0.2) is 29.1 Å². The summed E-state index contributed by atoms with van der Waals surface area (Å²) in [6, 6.07) is 11.9. The van der Waals surface area contributed by atoms with Crippen LogP contribution in [0, 0.1) is 5.82 Å². The maximum atomic E-state index is 13.3. The second kappa shape index (κ2) is 8.38. The molecule has 6 heteroatoms. The zero-order valence-electron chi connectivity index (χ0n) is 14.7. The number of phenols is 1. The highest BCUT2D eigenvalue weighted by molar-refractivity contribution is 5.83. The first-order valence-corrected chi connectivity index (χ1v) is 8.71. The average Bonchev–Trinajstić information content (AvgIpc) is 3.02. The monoisotopic (exact) mass is 354 g/mol. The molecule has 5 nitrogen and oxygen atoms in total. The lowest BCUT2D eigenvalue weighted by atomic mass is 10.1.